The Morgan fingerprint density at radius 1 is 1.00 bits per heavy atom. The number of aryl methyl sites for hydroxylation is 1. The molecule has 21 heavy (non-hydrogen) atoms. The van der Waals surface area contributed by atoms with Crippen LogP contribution in [-0.4, -0.2) is 6.21 Å². The maximum atomic E-state index is 4.62. The number of nitrogens with zero attached hydrogens (tertiary/aromatic N) is 1. The topological polar surface area (TPSA) is 12.4 Å². The van der Waals surface area contributed by atoms with E-state index in [9.17, 15) is 0 Å². The molecule has 0 aliphatic rings. The van der Waals surface area contributed by atoms with Gasteiger partial charge in [-0.05, 0) is 47.6 Å². The second kappa shape index (κ2) is 5.82. The average Bonchev–Trinajstić information content (AvgIpc) is 2.82. The predicted octanol–water partition coefficient (Wildman–Crippen LogP) is 6.08. The van der Waals surface area contributed by atoms with Crippen LogP contribution < -0.4 is 0 Å². The first kappa shape index (κ1) is 14.0. The number of thiophene rings is 1. The standard InChI is InChI=1S/C19H19NS/c1-13(2)15-8-10-16(11-9-15)20-12-19-14(3)17-6-4-5-7-18(17)21-19/h4-13H,1-3H3. The molecule has 0 amide bonds. The highest BCUT2D eigenvalue weighted by atomic mass is 32.1. The average molecular weight is 293 g/mol. The third-order valence-electron chi connectivity index (χ3n) is 3.77. The van der Waals surface area contributed by atoms with E-state index < -0.39 is 0 Å². The van der Waals surface area contributed by atoms with Gasteiger partial charge in [0.25, 0.3) is 0 Å². The molecule has 0 spiro atoms. The Labute approximate surface area is 130 Å². The molecular weight excluding hydrogens is 274 g/mol. The third-order valence-corrected chi connectivity index (χ3v) is 4.98. The summed E-state index contributed by atoms with van der Waals surface area (Å²) < 4.78 is 1.33. The van der Waals surface area contributed by atoms with E-state index in [-0.39, 0.29) is 0 Å². The van der Waals surface area contributed by atoms with E-state index in [1.54, 1.807) is 11.3 Å². The van der Waals surface area contributed by atoms with Crippen molar-refractivity contribution in [1.29, 1.82) is 0 Å². The highest BCUT2D eigenvalue weighted by Crippen LogP contribution is 2.29. The van der Waals surface area contributed by atoms with Crippen molar-refractivity contribution in [2.24, 2.45) is 4.99 Å². The second-order valence-corrected chi connectivity index (χ2v) is 6.68. The van der Waals surface area contributed by atoms with Gasteiger partial charge in [-0.15, -0.1) is 11.3 Å². The molecule has 1 aromatic heterocycles. The van der Waals surface area contributed by atoms with Gasteiger partial charge in [-0.3, -0.25) is 4.99 Å². The van der Waals surface area contributed by atoms with Crippen molar-refractivity contribution in [3.63, 3.8) is 0 Å². The first-order valence-corrected chi connectivity index (χ1v) is 8.09. The quantitative estimate of drug-likeness (QED) is 0.519. The SMILES string of the molecule is Cc1c(C=Nc2ccc(C(C)C)cc2)sc2ccccc12. The number of hydrogen-bond donors (Lipinski definition) is 0. The van der Waals surface area contributed by atoms with Crippen LogP contribution in [0.3, 0.4) is 0 Å². The van der Waals surface area contributed by atoms with E-state index in [0.29, 0.717) is 5.92 Å². The zero-order valence-corrected chi connectivity index (χ0v) is 13.4. The smallest absolute Gasteiger partial charge is 0.0630 e. The summed E-state index contributed by atoms with van der Waals surface area (Å²) in [6, 6.07) is 17.0. The highest BCUT2D eigenvalue weighted by molar-refractivity contribution is 7.20. The van der Waals surface area contributed by atoms with Crippen molar-refractivity contribution in [3.05, 3.63) is 64.5 Å². The van der Waals surface area contributed by atoms with Crippen molar-refractivity contribution < 1.29 is 0 Å². The lowest BCUT2D eigenvalue weighted by Gasteiger charge is -2.04. The Morgan fingerprint density at radius 3 is 2.38 bits per heavy atom. The fourth-order valence-electron chi connectivity index (χ4n) is 2.39. The van der Waals surface area contributed by atoms with Gasteiger partial charge in [0.15, 0.2) is 0 Å². The van der Waals surface area contributed by atoms with Crippen LogP contribution in [0.25, 0.3) is 10.1 Å². The first-order chi connectivity index (χ1) is 10.1. The van der Waals surface area contributed by atoms with Crippen LogP contribution in [0.15, 0.2) is 53.5 Å². The highest BCUT2D eigenvalue weighted by Gasteiger charge is 2.05. The maximum absolute atomic E-state index is 4.62. The largest absolute Gasteiger partial charge is 0.255 e. The Bertz CT molecular complexity index is 779. The van der Waals surface area contributed by atoms with Crippen LogP contribution in [0.2, 0.25) is 0 Å². The molecule has 0 atom stereocenters. The van der Waals surface area contributed by atoms with E-state index in [1.165, 1.54) is 26.1 Å². The first-order valence-electron chi connectivity index (χ1n) is 7.27. The van der Waals surface area contributed by atoms with Gasteiger partial charge in [0.2, 0.25) is 0 Å². The molecule has 106 valence electrons. The summed E-state index contributed by atoms with van der Waals surface area (Å²) in [5, 5.41) is 1.33. The lowest BCUT2D eigenvalue weighted by atomic mass is 10.0. The van der Waals surface area contributed by atoms with Crippen molar-refractivity contribution in [3.8, 4) is 0 Å². The lowest BCUT2D eigenvalue weighted by molar-refractivity contribution is 0.867. The van der Waals surface area contributed by atoms with E-state index in [2.05, 4.69) is 74.3 Å². The van der Waals surface area contributed by atoms with Gasteiger partial charge in [-0.25, -0.2) is 0 Å². The van der Waals surface area contributed by atoms with E-state index in [4.69, 9.17) is 0 Å². The lowest BCUT2D eigenvalue weighted by Crippen LogP contribution is -1.85. The molecule has 0 N–H and O–H groups in total. The molecule has 3 aromatic rings. The van der Waals surface area contributed by atoms with E-state index in [0.717, 1.165) is 5.69 Å². The van der Waals surface area contributed by atoms with Gasteiger partial charge in [-0.1, -0.05) is 44.2 Å². The van der Waals surface area contributed by atoms with Crippen LogP contribution in [0.5, 0.6) is 0 Å². The monoisotopic (exact) mass is 293 g/mol. The normalized spacial score (nSPS) is 11.8. The van der Waals surface area contributed by atoms with Gasteiger partial charge in [-0.2, -0.15) is 0 Å². The molecule has 0 unspecified atom stereocenters. The Hall–Kier alpha value is -1.93. The molecule has 0 saturated carbocycles. The molecule has 1 heterocycles. The number of benzene rings is 2. The predicted molar refractivity (Wildman–Crippen MR) is 94.3 cm³/mol. The zero-order chi connectivity index (χ0) is 14.8. The van der Waals surface area contributed by atoms with Crippen molar-refractivity contribution in [1.82, 2.24) is 0 Å². The molecule has 2 heteroatoms. The number of fused-ring (bicyclic) bond motifs is 1. The van der Waals surface area contributed by atoms with Gasteiger partial charge in [0.05, 0.1) is 5.69 Å². The maximum Gasteiger partial charge on any atom is 0.0630 e. The van der Waals surface area contributed by atoms with Crippen molar-refractivity contribution >= 4 is 33.3 Å². The minimum absolute atomic E-state index is 0.563. The zero-order valence-electron chi connectivity index (χ0n) is 12.6. The Kier molecular flexibility index (Phi) is 3.89. The molecule has 0 aliphatic carbocycles. The number of rotatable bonds is 3. The molecule has 0 saturated heterocycles. The van der Waals surface area contributed by atoms with Gasteiger partial charge in [0.1, 0.15) is 0 Å². The summed E-state index contributed by atoms with van der Waals surface area (Å²) in [6.07, 6.45) is 1.99. The Balaban J connectivity index is 1.89. The fraction of sp³-hybridized carbons (Fsp3) is 0.211. The van der Waals surface area contributed by atoms with Gasteiger partial charge < -0.3 is 0 Å². The summed E-state index contributed by atoms with van der Waals surface area (Å²) >= 11 is 1.80. The molecular formula is C19H19NS. The van der Waals surface area contributed by atoms with Gasteiger partial charge in [0, 0.05) is 15.8 Å². The number of aliphatic imine (C=N–C) groups is 1. The van der Waals surface area contributed by atoms with E-state index >= 15 is 0 Å². The minimum atomic E-state index is 0.563. The minimum Gasteiger partial charge on any atom is -0.255 e. The molecule has 0 aliphatic heterocycles. The van der Waals surface area contributed by atoms with Crippen LogP contribution >= 0.6 is 11.3 Å². The van der Waals surface area contributed by atoms with Crippen molar-refractivity contribution in [2.45, 2.75) is 26.7 Å². The van der Waals surface area contributed by atoms with E-state index in [1.807, 2.05) is 6.21 Å². The summed E-state index contributed by atoms with van der Waals surface area (Å²) in [5.74, 6) is 0.563. The third kappa shape index (κ3) is 2.91. The summed E-state index contributed by atoms with van der Waals surface area (Å²) in [6.45, 7) is 6.58. The van der Waals surface area contributed by atoms with Crippen LogP contribution in [0, 0.1) is 6.92 Å². The van der Waals surface area contributed by atoms with Crippen LogP contribution in [-0.2, 0) is 0 Å². The molecule has 0 fully saturated rings. The van der Waals surface area contributed by atoms with Gasteiger partial charge >= 0.3 is 0 Å². The second-order valence-electron chi connectivity index (χ2n) is 5.59. The van der Waals surface area contributed by atoms with Crippen molar-refractivity contribution in [2.75, 3.05) is 0 Å². The van der Waals surface area contributed by atoms with Crippen LogP contribution in [0.1, 0.15) is 35.8 Å². The summed E-state index contributed by atoms with van der Waals surface area (Å²) in [7, 11) is 0. The summed E-state index contributed by atoms with van der Waals surface area (Å²) in [4.78, 5) is 5.86. The molecule has 3 rings (SSSR count). The fourth-order valence-corrected chi connectivity index (χ4v) is 3.48. The Morgan fingerprint density at radius 2 is 1.71 bits per heavy atom. The molecule has 0 radical (unpaired) electrons. The number of hydrogen-bond acceptors (Lipinski definition) is 2. The van der Waals surface area contributed by atoms with Crippen LogP contribution in [0.4, 0.5) is 5.69 Å². The summed E-state index contributed by atoms with van der Waals surface area (Å²) in [5.41, 5.74) is 3.68. The molecule has 0 bridgehead atoms. The molecule has 2 aromatic carbocycles. The molecule has 1 nitrogen and oxygen atoms in total.